The molecule has 0 bridgehead atoms. The summed E-state index contributed by atoms with van der Waals surface area (Å²) in [4.78, 5) is 25.7. The minimum Gasteiger partial charge on any atom is -0.449 e. The van der Waals surface area contributed by atoms with Crippen LogP contribution in [0, 0.1) is 6.92 Å². The van der Waals surface area contributed by atoms with Crippen molar-refractivity contribution in [3.8, 4) is 0 Å². The molecule has 0 atom stereocenters. The number of rotatable bonds is 6. The highest BCUT2D eigenvalue weighted by molar-refractivity contribution is 6.15. The summed E-state index contributed by atoms with van der Waals surface area (Å²) in [6.45, 7) is 3.90. The number of unbranched alkanes of at least 4 members (excludes halogenated alkanes) is 2. The van der Waals surface area contributed by atoms with Crippen molar-refractivity contribution in [1.82, 2.24) is 10.2 Å². The molecule has 0 saturated heterocycles. The molecule has 2 aromatic rings. The molecular weight excluding hydrogens is 312 g/mol. The van der Waals surface area contributed by atoms with Crippen molar-refractivity contribution < 1.29 is 18.7 Å². The number of carbonyl (C=O) groups excluding carboxylic acids is 2. The van der Waals surface area contributed by atoms with Gasteiger partial charge in [-0.05, 0) is 18.6 Å². The average Bonchev–Trinajstić information content (AvgIpc) is 2.97. The number of aryl methyl sites for hydroxylation is 1. The Hall–Kier alpha value is -2.90. The van der Waals surface area contributed by atoms with Gasteiger partial charge in [-0.15, -0.1) is 5.10 Å². The Bertz CT molecular complexity index is 672. The number of carbonyl (C=O) groups is 2. The first kappa shape index (κ1) is 17.5. The number of aromatic nitrogens is 2. The van der Waals surface area contributed by atoms with Gasteiger partial charge in [0.15, 0.2) is 0 Å². The highest BCUT2D eigenvalue weighted by atomic mass is 16.6. The number of ether oxygens (including phenoxy) is 1. The van der Waals surface area contributed by atoms with E-state index < -0.39 is 12.1 Å². The van der Waals surface area contributed by atoms with Crippen LogP contribution in [0.2, 0.25) is 0 Å². The lowest BCUT2D eigenvalue weighted by Gasteiger charge is -2.19. The SMILES string of the molecule is CCCCCOC(=O)N(C(=O)Nc1nnc(C)o1)c1ccccc1. The smallest absolute Gasteiger partial charge is 0.422 e. The Morgan fingerprint density at radius 2 is 1.96 bits per heavy atom. The van der Waals surface area contributed by atoms with Crippen LogP contribution in [-0.4, -0.2) is 28.9 Å². The van der Waals surface area contributed by atoms with Crippen molar-refractivity contribution >= 4 is 23.8 Å². The van der Waals surface area contributed by atoms with Crippen molar-refractivity contribution in [2.75, 3.05) is 16.8 Å². The molecule has 0 aliphatic rings. The van der Waals surface area contributed by atoms with E-state index in [9.17, 15) is 9.59 Å². The number of amides is 3. The van der Waals surface area contributed by atoms with Crippen LogP contribution in [0.4, 0.5) is 21.3 Å². The van der Waals surface area contributed by atoms with Crippen LogP contribution < -0.4 is 10.2 Å². The quantitative estimate of drug-likeness (QED) is 0.809. The molecule has 0 unspecified atom stereocenters. The Morgan fingerprint density at radius 3 is 2.58 bits per heavy atom. The van der Waals surface area contributed by atoms with Gasteiger partial charge >= 0.3 is 18.1 Å². The van der Waals surface area contributed by atoms with Crippen molar-refractivity contribution in [2.45, 2.75) is 33.1 Å². The number of imide groups is 1. The number of anilines is 2. The maximum absolute atomic E-state index is 12.4. The van der Waals surface area contributed by atoms with Gasteiger partial charge in [0.2, 0.25) is 5.89 Å². The molecule has 0 aliphatic heterocycles. The number of para-hydroxylation sites is 1. The first-order valence-electron chi connectivity index (χ1n) is 7.75. The Labute approximate surface area is 139 Å². The molecule has 0 spiro atoms. The zero-order chi connectivity index (χ0) is 17.4. The van der Waals surface area contributed by atoms with Crippen molar-refractivity contribution in [3.05, 3.63) is 36.2 Å². The topological polar surface area (TPSA) is 97.6 Å². The third-order valence-corrected chi connectivity index (χ3v) is 3.11. The molecule has 128 valence electrons. The number of nitrogens with zero attached hydrogens (tertiary/aromatic N) is 3. The molecule has 24 heavy (non-hydrogen) atoms. The molecule has 0 aliphatic carbocycles. The number of urea groups is 1. The molecule has 0 radical (unpaired) electrons. The summed E-state index contributed by atoms with van der Waals surface area (Å²) in [6.07, 6.45) is 1.95. The summed E-state index contributed by atoms with van der Waals surface area (Å²) in [5, 5.41) is 9.69. The molecule has 1 N–H and O–H groups in total. The number of hydrogen-bond donors (Lipinski definition) is 1. The Kier molecular flexibility index (Phi) is 6.30. The third kappa shape index (κ3) is 4.80. The van der Waals surface area contributed by atoms with E-state index in [1.165, 1.54) is 0 Å². The average molecular weight is 332 g/mol. The highest BCUT2D eigenvalue weighted by Gasteiger charge is 2.26. The van der Waals surface area contributed by atoms with Crippen LogP contribution in [0.3, 0.4) is 0 Å². The van der Waals surface area contributed by atoms with Gasteiger partial charge in [0.25, 0.3) is 0 Å². The molecule has 0 saturated carbocycles. The van der Waals surface area contributed by atoms with E-state index >= 15 is 0 Å². The summed E-state index contributed by atoms with van der Waals surface area (Å²) >= 11 is 0. The lowest BCUT2D eigenvalue weighted by Crippen LogP contribution is -2.40. The normalized spacial score (nSPS) is 10.2. The fraction of sp³-hybridized carbons (Fsp3) is 0.375. The van der Waals surface area contributed by atoms with Gasteiger partial charge in [-0.3, -0.25) is 5.32 Å². The van der Waals surface area contributed by atoms with Crippen molar-refractivity contribution in [2.24, 2.45) is 0 Å². The maximum Gasteiger partial charge on any atom is 0.422 e. The second-order valence-electron chi connectivity index (χ2n) is 5.05. The molecular formula is C16H20N4O4. The first-order chi connectivity index (χ1) is 11.6. The summed E-state index contributed by atoms with van der Waals surface area (Å²) in [5.74, 6) is 0.304. The highest BCUT2D eigenvalue weighted by Crippen LogP contribution is 2.17. The fourth-order valence-corrected chi connectivity index (χ4v) is 1.95. The summed E-state index contributed by atoms with van der Waals surface area (Å²) in [5.41, 5.74) is 0.381. The predicted octanol–water partition coefficient (Wildman–Crippen LogP) is 3.74. The van der Waals surface area contributed by atoms with Gasteiger partial charge in [-0.2, -0.15) is 4.90 Å². The number of nitrogens with one attached hydrogen (secondary N) is 1. The second-order valence-corrected chi connectivity index (χ2v) is 5.05. The van der Waals surface area contributed by atoms with Crippen molar-refractivity contribution in [1.29, 1.82) is 0 Å². The standard InChI is InChI=1S/C16H20N4O4/c1-3-4-8-11-23-16(22)20(13-9-6-5-7-10-13)15(21)17-14-19-18-12(2)24-14/h5-7,9-10H,3-4,8,11H2,1-2H3,(H,17,19,21). The molecule has 1 heterocycles. The monoisotopic (exact) mass is 332 g/mol. The first-order valence-corrected chi connectivity index (χ1v) is 7.75. The van der Waals surface area contributed by atoms with E-state index in [0.717, 1.165) is 24.2 Å². The van der Waals surface area contributed by atoms with Crippen LogP contribution in [0.1, 0.15) is 32.1 Å². The van der Waals surface area contributed by atoms with Gasteiger partial charge < -0.3 is 9.15 Å². The van der Waals surface area contributed by atoms with E-state index in [4.69, 9.17) is 9.15 Å². The molecule has 0 fully saturated rings. The molecule has 8 nitrogen and oxygen atoms in total. The minimum atomic E-state index is -0.758. The molecule has 1 aromatic heterocycles. The number of hydrogen-bond acceptors (Lipinski definition) is 6. The zero-order valence-corrected chi connectivity index (χ0v) is 13.7. The van der Waals surface area contributed by atoms with Gasteiger partial charge in [0.05, 0.1) is 12.3 Å². The van der Waals surface area contributed by atoms with Crippen LogP contribution >= 0.6 is 0 Å². The van der Waals surface area contributed by atoms with Gasteiger partial charge in [0.1, 0.15) is 0 Å². The zero-order valence-electron chi connectivity index (χ0n) is 13.7. The van der Waals surface area contributed by atoms with Crippen LogP contribution in [0.15, 0.2) is 34.7 Å². The van der Waals surface area contributed by atoms with E-state index in [1.54, 1.807) is 37.3 Å². The van der Waals surface area contributed by atoms with Gasteiger partial charge in [0, 0.05) is 6.92 Å². The van der Waals surface area contributed by atoms with Crippen molar-refractivity contribution in [3.63, 3.8) is 0 Å². The predicted molar refractivity (Wildman–Crippen MR) is 87.8 cm³/mol. The lowest BCUT2D eigenvalue weighted by atomic mass is 10.3. The molecule has 3 amide bonds. The largest absolute Gasteiger partial charge is 0.449 e. The second kappa shape index (κ2) is 8.66. The summed E-state index contributed by atoms with van der Waals surface area (Å²) in [6, 6.07) is 7.67. The van der Waals surface area contributed by atoms with Gasteiger partial charge in [-0.25, -0.2) is 9.59 Å². The Morgan fingerprint density at radius 1 is 1.21 bits per heavy atom. The van der Waals surface area contributed by atoms with Gasteiger partial charge in [-0.1, -0.05) is 43.1 Å². The summed E-state index contributed by atoms with van der Waals surface area (Å²) < 4.78 is 10.3. The lowest BCUT2D eigenvalue weighted by molar-refractivity contribution is 0.152. The molecule has 2 rings (SSSR count). The Balaban J connectivity index is 2.10. The fourth-order valence-electron chi connectivity index (χ4n) is 1.95. The van der Waals surface area contributed by atoms with E-state index in [2.05, 4.69) is 22.4 Å². The van der Waals surface area contributed by atoms with E-state index in [0.29, 0.717) is 11.6 Å². The number of benzene rings is 1. The molecule has 8 heteroatoms. The maximum atomic E-state index is 12.4. The van der Waals surface area contributed by atoms with E-state index in [1.807, 2.05) is 0 Å². The third-order valence-electron chi connectivity index (χ3n) is 3.11. The van der Waals surface area contributed by atoms with Crippen LogP contribution in [0.5, 0.6) is 0 Å². The van der Waals surface area contributed by atoms with Crippen LogP contribution in [-0.2, 0) is 4.74 Å². The van der Waals surface area contributed by atoms with Crippen LogP contribution in [0.25, 0.3) is 0 Å². The summed E-state index contributed by atoms with van der Waals surface area (Å²) in [7, 11) is 0. The van der Waals surface area contributed by atoms with E-state index in [-0.39, 0.29) is 12.6 Å². The minimum absolute atomic E-state index is 0.0859. The molecule has 1 aromatic carbocycles.